The minimum atomic E-state index is -0.484. The van der Waals surface area contributed by atoms with E-state index in [-0.39, 0.29) is 6.10 Å². The van der Waals surface area contributed by atoms with E-state index in [1.807, 2.05) is 6.07 Å². The van der Waals surface area contributed by atoms with E-state index in [0.717, 1.165) is 6.42 Å². The van der Waals surface area contributed by atoms with Crippen molar-refractivity contribution in [3.8, 4) is 11.5 Å². The van der Waals surface area contributed by atoms with Gasteiger partial charge < -0.3 is 14.2 Å². The van der Waals surface area contributed by atoms with Crippen LogP contribution in [0.4, 0.5) is 0 Å². The zero-order valence-corrected chi connectivity index (χ0v) is 16.2. The highest BCUT2D eigenvalue weighted by atomic mass is 16.5. The van der Waals surface area contributed by atoms with Gasteiger partial charge in [-0.15, -0.1) is 0 Å². The Bertz CT molecular complexity index is 763. The van der Waals surface area contributed by atoms with Crippen molar-refractivity contribution in [2.75, 3.05) is 6.61 Å². The number of carbonyl (C=O) groups excluding carboxylic acids is 2. The predicted octanol–water partition coefficient (Wildman–Crippen LogP) is 4.90. The molecule has 2 rings (SSSR count). The normalized spacial score (nSPS) is 10.7. The average Bonchev–Trinajstić information content (AvgIpc) is 2.61. The van der Waals surface area contributed by atoms with Crippen molar-refractivity contribution in [2.45, 2.75) is 40.2 Å². The third-order valence-corrected chi connectivity index (χ3v) is 3.68. The van der Waals surface area contributed by atoms with E-state index in [9.17, 15) is 9.59 Å². The van der Waals surface area contributed by atoms with Gasteiger partial charge in [-0.25, -0.2) is 9.59 Å². The van der Waals surface area contributed by atoms with Crippen LogP contribution >= 0.6 is 0 Å². The van der Waals surface area contributed by atoms with E-state index in [0.29, 0.717) is 35.2 Å². The van der Waals surface area contributed by atoms with E-state index in [2.05, 4.69) is 13.8 Å². The zero-order valence-electron chi connectivity index (χ0n) is 16.2. The van der Waals surface area contributed by atoms with Gasteiger partial charge in [-0.05, 0) is 68.7 Å². The molecule has 0 aromatic heterocycles. The van der Waals surface area contributed by atoms with Gasteiger partial charge in [-0.2, -0.15) is 0 Å². The number of esters is 2. The second-order valence-corrected chi connectivity index (χ2v) is 6.93. The number of hydrogen-bond donors (Lipinski definition) is 0. The summed E-state index contributed by atoms with van der Waals surface area (Å²) >= 11 is 0. The molecule has 2 aromatic rings. The van der Waals surface area contributed by atoms with Crippen LogP contribution < -0.4 is 9.47 Å². The number of rotatable bonds is 8. The Morgan fingerprint density at radius 1 is 0.852 bits per heavy atom. The van der Waals surface area contributed by atoms with Gasteiger partial charge in [0.2, 0.25) is 0 Å². The molecule has 144 valence electrons. The molecule has 0 aliphatic rings. The Morgan fingerprint density at radius 2 is 1.56 bits per heavy atom. The molecule has 0 saturated heterocycles. The highest BCUT2D eigenvalue weighted by Gasteiger charge is 2.12. The van der Waals surface area contributed by atoms with Crippen LogP contribution in [0.5, 0.6) is 11.5 Å². The first kappa shape index (κ1) is 20.5. The van der Waals surface area contributed by atoms with Crippen molar-refractivity contribution in [2.24, 2.45) is 5.92 Å². The molecular weight excluding hydrogens is 344 g/mol. The molecule has 0 fully saturated rings. The Morgan fingerprint density at radius 3 is 2.19 bits per heavy atom. The van der Waals surface area contributed by atoms with Crippen LogP contribution in [-0.2, 0) is 4.74 Å². The molecule has 0 unspecified atom stereocenters. The first-order valence-corrected chi connectivity index (χ1v) is 9.11. The molecule has 0 atom stereocenters. The predicted molar refractivity (Wildman–Crippen MR) is 103 cm³/mol. The summed E-state index contributed by atoms with van der Waals surface area (Å²) < 4.78 is 16.2. The molecular formula is C22H26O5. The van der Waals surface area contributed by atoms with Crippen LogP contribution in [0.3, 0.4) is 0 Å². The lowest BCUT2D eigenvalue weighted by atomic mass is 10.1. The third kappa shape index (κ3) is 6.77. The number of hydrogen-bond acceptors (Lipinski definition) is 5. The smallest absolute Gasteiger partial charge is 0.343 e. The highest BCUT2D eigenvalue weighted by molar-refractivity contribution is 5.92. The Hall–Kier alpha value is -2.82. The summed E-state index contributed by atoms with van der Waals surface area (Å²) in [7, 11) is 0. The van der Waals surface area contributed by atoms with Gasteiger partial charge in [-0.3, -0.25) is 0 Å². The summed E-state index contributed by atoms with van der Waals surface area (Å²) in [6, 6.07) is 13.2. The lowest BCUT2D eigenvalue weighted by Gasteiger charge is -2.10. The van der Waals surface area contributed by atoms with E-state index in [1.165, 1.54) is 0 Å². The minimum absolute atomic E-state index is 0.190. The molecule has 0 spiro atoms. The second-order valence-electron chi connectivity index (χ2n) is 6.93. The molecule has 2 aromatic carbocycles. The van der Waals surface area contributed by atoms with E-state index >= 15 is 0 Å². The largest absolute Gasteiger partial charge is 0.494 e. The minimum Gasteiger partial charge on any atom is -0.494 e. The monoisotopic (exact) mass is 370 g/mol. The Kier molecular flexibility index (Phi) is 7.41. The lowest BCUT2D eigenvalue weighted by molar-refractivity contribution is 0.0378. The SMILES string of the molecule is CC(C)CCOc1cccc(C(=O)Oc2ccc(C(=O)OC(C)C)cc2)c1. The van der Waals surface area contributed by atoms with Crippen molar-refractivity contribution in [3.63, 3.8) is 0 Å². The summed E-state index contributed by atoms with van der Waals surface area (Å²) in [6.45, 7) is 8.43. The molecule has 0 bridgehead atoms. The van der Waals surface area contributed by atoms with Crippen molar-refractivity contribution >= 4 is 11.9 Å². The van der Waals surface area contributed by atoms with Crippen LogP contribution in [0, 0.1) is 5.92 Å². The fourth-order valence-electron chi connectivity index (χ4n) is 2.23. The van der Waals surface area contributed by atoms with E-state index in [4.69, 9.17) is 14.2 Å². The van der Waals surface area contributed by atoms with Crippen LogP contribution in [0.25, 0.3) is 0 Å². The van der Waals surface area contributed by atoms with Crippen LogP contribution in [-0.4, -0.2) is 24.6 Å². The van der Waals surface area contributed by atoms with Crippen molar-refractivity contribution in [1.29, 1.82) is 0 Å². The van der Waals surface area contributed by atoms with Crippen LogP contribution in [0.2, 0.25) is 0 Å². The molecule has 0 heterocycles. The topological polar surface area (TPSA) is 61.8 Å². The van der Waals surface area contributed by atoms with Gasteiger partial charge in [0.05, 0.1) is 23.8 Å². The molecule has 0 saturated carbocycles. The standard InChI is InChI=1S/C22H26O5/c1-15(2)12-13-25-20-7-5-6-18(14-20)22(24)27-19-10-8-17(9-11-19)21(23)26-16(3)4/h5-11,14-16H,12-13H2,1-4H3. The summed E-state index contributed by atoms with van der Waals surface area (Å²) in [5, 5.41) is 0. The second kappa shape index (κ2) is 9.76. The zero-order chi connectivity index (χ0) is 19.8. The molecule has 27 heavy (non-hydrogen) atoms. The molecule has 0 aliphatic heterocycles. The quantitative estimate of drug-likeness (QED) is 0.489. The maximum atomic E-state index is 12.3. The first-order valence-electron chi connectivity index (χ1n) is 9.11. The molecule has 5 nitrogen and oxygen atoms in total. The van der Waals surface area contributed by atoms with E-state index < -0.39 is 11.9 Å². The molecule has 0 radical (unpaired) electrons. The maximum absolute atomic E-state index is 12.3. The summed E-state index contributed by atoms with van der Waals surface area (Å²) in [5.74, 6) is 0.652. The van der Waals surface area contributed by atoms with Crippen molar-refractivity contribution in [1.82, 2.24) is 0 Å². The number of ether oxygens (including phenoxy) is 3. The summed E-state index contributed by atoms with van der Waals surface area (Å²) in [4.78, 5) is 24.2. The fourth-order valence-corrected chi connectivity index (χ4v) is 2.23. The average molecular weight is 370 g/mol. The third-order valence-electron chi connectivity index (χ3n) is 3.68. The fraction of sp³-hybridized carbons (Fsp3) is 0.364. The molecule has 0 N–H and O–H groups in total. The van der Waals surface area contributed by atoms with Gasteiger partial charge >= 0.3 is 11.9 Å². The maximum Gasteiger partial charge on any atom is 0.343 e. The lowest BCUT2D eigenvalue weighted by Crippen LogP contribution is -2.12. The van der Waals surface area contributed by atoms with Crippen molar-refractivity contribution < 1.29 is 23.8 Å². The van der Waals surface area contributed by atoms with Crippen LogP contribution in [0.1, 0.15) is 54.8 Å². The summed E-state index contributed by atoms with van der Waals surface area (Å²) in [6.07, 6.45) is 0.755. The molecule has 5 heteroatoms. The highest BCUT2D eigenvalue weighted by Crippen LogP contribution is 2.18. The van der Waals surface area contributed by atoms with Gasteiger partial charge in [0, 0.05) is 0 Å². The van der Waals surface area contributed by atoms with Crippen molar-refractivity contribution in [3.05, 3.63) is 59.7 Å². The van der Waals surface area contributed by atoms with Crippen LogP contribution in [0.15, 0.2) is 48.5 Å². The Labute approximate surface area is 160 Å². The van der Waals surface area contributed by atoms with Gasteiger partial charge in [0.1, 0.15) is 11.5 Å². The molecule has 0 aliphatic carbocycles. The van der Waals surface area contributed by atoms with Gasteiger partial charge in [-0.1, -0.05) is 19.9 Å². The Balaban J connectivity index is 1.97. The number of carbonyl (C=O) groups is 2. The van der Waals surface area contributed by atoms with Gasteiger partial charge in [0.25, 0.3) is 0 Å². The molecule has 0 amide bonds. The van der Waals surface area contributed by atoms with E-state index in [1.54, 1.807) is 56.3 Å². The van der Waals surface area contributed by atoms with Gasteiger partial charge in [0.15, 0.2) is 0 Å². The summed E-state index contributed by atoms with van der Waals surface area (Å²) in [5.41, 5.74) is 0.810. The number of benzene rings is 2. The first-order chi connectivity index (χ1) is 12.8.